The van der Waals surface area contributed by atoms with Crippen LogP contribution < -0.4 is 5.56 Å². The summed E-state index contributed by atoms with van der Waals surface area (Å²) in [6.07, 6.45) is 0. The normalized spacial score (nSPS) is 11.0. The van der Waals surface area contributed by atoms with Crippen molar-refractivity contribution in [1.29, 1.82) is 0 Å². The van der Waals surface area contributed by atoms with Gasteiger partial charge in [-0.15, -0.1) is 5.10 Å². The third-order valence-corrected chi connectivity index (χ3v) is 2.51. The summed E-state index contributed by atoms with van der Waals surface area (Å²) in [5.74, 6) is 0. The Balaban J connectivity index is 2.57. The Morgan fingerprint density at radius 3 is 2.56 bits per heavy atom. The van der Waals surface area contributed by atoms with Gasteiger partial charge < -0.3 is 5.21 Å². The van der Waals surface area contributed by atoms with Crippen LogP contribution in [0.25, 0.3) is 21.7 Å². The lowest BCUT2D eigenvalue weighted by Gasteiger charge is -2.00. The Hall–Kier alpha value is -2.43. The van der Waals surface area contributed by atoms with Crippen molar-refractivity contribution in [2.45, 2.75) is 0 Å². The van der Waals surface area contributed by atoms with Gasteiger partial charge in [0.1, 0.15) is 5.52 Å². The summed E-state index contributed by atoms with van der Waals surface area (Å²) >= 11 is 0. The first-order valence-corrected chi connectivity index (χ1v) is 4.73. The van der Waals surface area contributed by atoms with Gasteiger partial charge in [-0.05, 0) is 33.0 Å². The first-order chi connectivity index (χ1) is 7.75. The Morgan fingerprint density at radius 2 is 1.81 bits per heavy atom. The number of fused-ring (bicyclic) bond motifs is 2. The predicted molar refractivity (Wildman–Crippen MR) is 58.5 cm³/mol. The molecule has 3 aromatic rings. The number of hydrogen-bond donors (Lipinski definition) is 1. The van der Waals surface area contributed by atoms with E-state index in [4.69, 9.17) is 5.21 Å². The molecule has 0 atom stereocenters. The van der Waals surface area contributed by atoms with Gasteiger partial charge in [-0.2, -0.15) is 0 Å². The Bertz CT molecular complexity index is 749. The van der Waals surface area contributed by atoms with Crippen molar-refractivity contribution in [3.63, 3.8) is 0 Å². The predicted octanol–water partition coefficient (Wildman–Crippen LogP) is 1.18. The van der Waals surface area contributed by atoms with E-state index >= 15 is 0 Å². The fourth-order valence-electron chi connectivity index (χ4n) is 1.72. The molecule has 2 aromatic carbocycles. The molecule has 1 N–H and O–H groups in total. The molecule has 0 radical (unpaired) electrons. The van der Waals surface area contributed by atoms with E-state index in [2.05, 4.69) is 10.3 Å². The van der Waals surface area contributed by atoms with E-state index in [0.29, 0.717) is 10.9 Å². The van der Waals surface area contributed by atoms with Crippen LogP contribution in [-0.4, -0.2) is 20.4 Å². The number of rotatable bonds is 0. The van der Waals surface area contributed by atoms with Crippen LogP contribution in [0.15, 0.2) is 41.2 Å². The fraction of sp³-hybridized carbons (Fsp3) is 0. The second kappa shape index (κ2) is 3.03. The molecule has 1 heterocycles. The maximum atomic E-state index is 11.6. The highest BCUT2D eigenvalue weighted by Gasteiger charge is 2.05. The smallest absolute Gasteiger partial charge is 0.314 e. The van der Waals surface area contributed by atoms with E-state index in [1.165, 1.54) is 0 Å². The molecule has 0 unspecified atom stereocenters. The Labute approximate surface area is 89.5 Å². The summed E-state index contributed by atoms with van der Waals surface area (Å²) in [4.78, 5) is 11.8. The maximum Gasteiger partial charge on any atom is 0.314 e. The largest absolute Gasteiger partial charge is 0.407 e. The van der Waals surface area contributed by atoms with Crippen LogP contribution in [0.5, 0.6) is 0 Å². The van der Waals surface area contributed by atoms with Gasteiger partial charge >= 0.3 is 5.56 Å². The summed E-state index contributed by atoms with van der Waals surface area (Å²) in [5.41, 5.74) is -0.0789. The number of benzene rings is 2. The van der Waals surface area contributed by atoms with E-state index in [1.807, 2.05) is 24.3 Å². The first kappa shape index (κ1) is 8.84. The number of hydrogen-bond acceptors (Lipinski definition) is 4. The van der Waals surface area contributed by atoms with Crippen LogP contribution in [0.2, 0.25) is 0 Å². The molecular formula is C11H7N3O2. The van der Waals surface area contributed by atoms with Gasteiger partial charge in [-0.25, -0.2) is 0 Å². The molecule has 16 heavy (non-hydrogen) atoms. The van der Waals surface area contributed by atoms with Gasteiger partial charge in [0.25, 0.3) is 0 Å². The van der Waals surface area contributed by atoms with Gasteiger partial charge in [0.2, 0.25) is 0 Å². The molecule has 0 bridgehead atoms. The van der Waals surface area contributed by atoms with Crippen LogP contribution in [0.4, 0.5) is 0 Å². The molecular weight excluding hydrogens is 206 g/mol. The van der Waals surface area contributed by atoms with Gasteiger partial charge in [-0.3, -0.25) is 4.79 Å². The van der Waals surface area contributed by atoms with Crippen molar-refractivity contribution in [1.82, 2.24) is 15.2 Å². The molecule has 0 saturated heterocycles. The summed E-state index contributed by atoms with van der Waals surface area (Å²) in [7, 11) is 0. The summed E-state index contributed by atoms with van der Waals surface area (Å²) in [6, 6.07) is 11.1. The number of nitrogens with zero attached hydrogens (tertiary/aromatic N) is 3. The van der Waals surface area contributed by atoms with Gasteiger partial charge in [-0.1, -0.05) is 24.3 Å². The molecule has 0 amide bonds. The summed E-state index contributed by atoms with van der Waals surface area (Å²) in [5, 5.41) is 18.5. The molecule has 1 aromatic heterocycles. The third kappa shape index (κ3) is 1.15. The summed E-state index contributed by atoms with van der Waals surface area (Å²) < 4.78 is 0. The van der Waals surface area contributed by atoms with Crippen LogP contribution in [-0.2, 0) is 0 Å². The second-order valence-electron chi connectivity index (χ2n) is 3.50. The van der Waals surface area contributed by atoms with Crippen LogP contribution >= 0.6 is 0 Å². The molecule has 5 nitrogen and oxygen atoms in total. The fourth-order valence-corrected chi connectivity index (χ4v) is 1.72. The van der Waals surface area contributed by atoms with Gasteiger partial charge in [0.15, 0.2) is 0 Å². The van der Waals surface area contributed by atoms with Crippen molar-refractivity contribution >= 4 is 21.7 Å². The van der Waals surface area contributed by atoms with Crippen molar-refractivity contribution in [3.05, 3.63) is 46.8 Å². The highest BCUT2D eigenvalue weighted by Crippen LogP contribution is 2.18. The van der Waals surface area contributed by atoms with E-state index in [9.17, 15) is 4.79 Å². The van der Waals surface area contributed by atoms with Crippen molar-refractivity contribution in [2.24, 2.45) is 0 Å². The van der Waals surface area contributed by atoms with Crippen LogP contribution in [0.3, 0.4) is 0 Å². The van der Waals surface area contributed by atoms with Gasteiger partial charge in [0, 0.05) is 0 Å². The van der Waals surface area contributed by atoms with E-state index in [0.717, 1.165) is 10.8 Å². The van der Waals surface area contributed by atoms with E-state index in [-0.39, 0.29) is 4.85 Å². The topological polar surface area (TPSA) is 68.0 Å². The quantitative estimate of drug-likeness (QED) is 0.449. The monoisotopic (exact) mass is 213 g/mol. The molecule has 0 aliphatic carbocycles. The number of aromatic nitrogens is 3. The maximum absolute atomic E-state index is 11.6. The van der Waals surface area contributed by atoms with Gasteiger partial charge in [0.05, 0.1) is 5.39 Å². The van der Waals surface area contributed by atoms with Crippen molar-refractivity contribution in [2.75, 3.05) is 0 Å². The van der Waals surface area contributed by atoms with Crippen LogP contribution in [0.1, 0.15) is 0 Å². The lowest BCUT2D eigenvalue weighted by molar-refractivity contribution is 0.127. The molecule has 0 fully saturated rings. The third-order valence-electron chi connectivity index (χ3n) is 2.51. The zero-order valence-corrected chi connectivity index (χ0v) is 8.16. The lowest BCUT2D eigenvalue weighted by Crippen LogP contribution is -2.21. The average Bonchev–Trinajstić information content (AvgIpc) is 2.32. The minimum atomic E-state index is -0.559. The molecule has 3 rings (SSSR count). The zero-order valence-electron chi connectivity index (χ0n) is 8.16. The first-order valence-electron chi connectivity index (χ1n) is 4.73. The minimum Gasteiger partial charge on any atom is -0.407 e. The van der Waals surface area contributed by atoms with Crippen molar-refractivity contribution < 1.29 is 5.21 Å². The zero-order chi connectivity index (χ0) is 11.1. The molecule has 0 spiro atoms. The molecule has 0 aliphatic heterocycles. The summed E-state index contributed by atoms with van der Waals surface area (Å²) in [6.45, 7) is 0. The lowest BCUT2D eigenvalue weighted by atomic mass is 10.1. The average molecular weight is 213 g/mol. The highest BCUT2D eigenvalue weighted by atomic mass is 16.5. The highest BCUT2D eigenvalue weighted by molar-refractivity contribution is 5.95. The second-order valence-corrected chi connectivity index (χ2v) is 3.50. The molecule has 0 saturated carbocycles. The molecule has 0 aliphatic rings. The SMILES string of the molecule is O=c1c2cc3ccccc3cc2nnn1O. The Kier molecular flexibility index (Phi) is 1.67. The Morgan fingerprint density at radius 1 is 1.12 bits per heavy atom. The standard InChI is InChI=1S/C11H7N3O2/c15-11-9-5-7-3-1-2-4-8(7)6-10(9)12-13-14(11)16/h1-6,16H. The van der Waals surface area contributed by atoms with E-state index < -0.39 is 5.56 Å². The molecule has 5 heteroatoms. The van der Waals surface area contributed by atoms with Crippen LogP contribution in [0, 0.1) is 0 Å². The van der Waals surface area contributed by atoms with Crippen molar-refractivity contribution in [3.8, 4) is 0 Å². The minimum absolute atomic E-state index is 0.247. The molecule has 78 valence electrons. The van der Waals surface area contributed by atoms with E-state index in [1.54, 1.807) is 12.1 Å².